The minimum absolute atomic E-state index is 0.113. The molecule has 1 atom stereocenters. The van der Waals surface area contributed by atoms with E-state index in [0.29, 0.717) is 55.3 Å². The number of fused-ring (bicyclic) bond motifs is 1. The summed E-state index contributed by atoms with van der Waals surface area (Å²) in [6.07, 6.45) is 4.19. The zero-order valence-corrected chi connectivity index (χ0v) is 17.5. The number of rotatable bonds is 7. The van der Waals surface area contributed by atoms with E-state index < -0.39 is 6.04 Å². The van der Waals surface area contributed by atoms with Crippen molar-refractivity contribution in [3.8, 4) is 11.5 Å². The van der Waals surface area contributed by atoms with Crippen LogP contribution < -0.4 is 20.1 Å². The van der Waals surface area contributed by atoms with Gasteiger partial charge in [-0.25, -0.2) is 0 Å². The number of hydrogen-bond donors (Lipinski definition) is 2. The van der Waals surface area contributed by atoms with Crippen LogP contribution in [0.1, 0.15) is 33.8 Å². The van der Waals surface area contributed by atoms with Crippen molar-refractivity contribution in [2.45, 2.75) is 18.9 Å². The Labute approximate surface area is 185 Å². The number of benzene rings is 1. The zero-order valence-electron chi connectivity index (χ0n) is 17.5. The van der Waals surface area contributed by atoms with E-state index in [0.717, 1.165) is 0 Å². The van der Waals surface area contributed by atoms with E-state index in [4.69, 9.17) is 13.9 Å². The van der Waals surface area contributed by atoms with Gasteiger partial charge >= 0.3 is 0 Å². The Kier molecular flexibility index (Phi) is 6.44. The van der Waals surface area contributed by atoms with Crippen LogP contribution in [-0.4, -0.2) is 55.1 Å². The molecule has 0 radical (unpaired) electrons. The van der Waals surface area contributed by atoms with E-state index in [9.17, 15) is 14.4 Å². The maximum atomic E-state index is 12.9. The summed E-state index contributed by atoms with van der Waals surface area (Å²) in [6.45, 7) is 4.96. The number of nitrogens with one attached hydrogen (secondary N) is 2. The van der Waals surface area contributed by atoms with Crippen molar-refractivity contribution in [1.29, 1.82) is 0 Å². The second kappa shape index (κ2) is 9.59. The summed E-state index contributed by atoms with van der Waals surface area (Å²) in [6, 6.07) is 7.46. The van der Waals surface area contributed by atoms with Gasteiger partial charge in [-0.2, -0.15) is 0 Å². The van der Waals surface area contributed by atoms with E-state index in [1.165, 1.54) is 6.26 Å². The van der Waals surface area contributed by atoms with Crippen LogP contribution in [0, 0.1) is 5.92 Å². The summed E-state index contributed by atoms with van der Waals surface area (Å²) >= 11 is 0. The maximum absolute atomic E-state index is 12.9. The van der Waals surface area contributed by atoms with Crippen LogP contribution >= 0.6 is 0 Å². The molecule has 9 heteroatoms. The maximum Gasteiger partial charge on any atom is 0.289 e. The number of ether oxygens (including phenoxy) is 2. The molecule has 2 aliphatic rings. The molecule has 1 saturated heterocycles. The van der Waals surface area contributed by atoms with Crippen LogP contribution in [0.15, 0.2) is 53.7 Å². The van der Waals surface area contributed by atoms with E-state index >= 15 is 0 Å². The van der Waals surface area contributed by atoms with Gasteiger partial charge in [-0.3, -0.25) is 14.4 Å². The summed E-state index contributed by atoms with van der Waals surface area (Å²) in [4.78, 5) is 40.0. The molecule has 1 aromatic heterocycles. The van der Waals surface area contributed by atoms with Gasteiger partial charge < -0.3 is 29.4 Å². The molecule has 0 aliphatic carbocycles. The number of carbonyl (C=O) groups excluding carboxylic acids is 3. The molecule has 32 heavy (non-hydrogen) atoms. The van der Waals surface area contributed by atoms with Gasteiger partial charge in [0.05, 0.1) is 6.26 Å². The first kappa shape index (κ1) is 21.5. The summed E-state index contributed by atoms with van der Waals surface area (Å²) in [5.41, 5.74) is 0.376. The third-order valence-corrected chi connectivity index (χ3v) is 5.65. The monoisotopic (exact) mass is 439 g/mol. The number of nitrogens with zero attached hydrogens (tertiary/aromatic N) is 1. The molecule has 168 valence electrons. The van der Waals surface area contributed by atoms with Gasteiger partial charge in [-0.05, 0) is 49.1 Å². The first-order chi connectivity index (χ1) is 15.6. The van der Waals surface area contributed by atoms with Crippen LogP contribution in [0.3, 0.4) is 0 Å². The van der Waals surface area contributed by atoms with Gasteiger partial charge in [0.15, 0.2) is 17.3 Å². The van der Waals surface area contributed by atoms with Crippen LogP contribution in [0.25, 0.3) is 0 Å². The van der Waals surface area contributed by atoms with Crippen molar-refractivity contribution in [3.05, 3.63) is 60.6 Å². The van der Waals surface area contributed by atoms with Gasteiger partial charge in [0.25, 0.3) is 11.8 Å². The average Bonchev–Trinajstić information content (AvgIpc) is 3.52. The summed E-state index contributed by atoms with van der Waals surface area (Å²) < 4.78 is 15.8. The normalized spacial score (nSPS) is 16.3. The molecule has 1 fully saturated rings. The lowest BCUT2D eigenvalue weighted by Gasteiger charge is -2.35. The fourth-order valence-electron chi connectivity index (χ4n) is 3.93. The lowest BCUT2D eigenvalue weighted by Crippen LogP contribution is -2.53. The van der Waals surface area contributed by atoms with E-state index in [1.54, 1.807) is 41.3 Å². The van der Waals surface area contributed by atoms with E-state index in [1.807, 2.05) is 0 Å². The molecule has 2 N–H and O–H groups in total. The Balaban J connectivity index is 1.43. The van der Waals surface area contributed by atoms with Crippen molar-refractivity contribution in [2.24, 2.45) is 5.92 Å². The fourth-order valence-corrected chi connectivity index (χ4v) is 3.93. The lowest BCUT2D eigenvalue weighted by atomic mass is 9.88. The average molecular weight is 439 g/mol. The number of carbonyl (C=O) groups is 3. The number of piperidine rings is 1. The Hall–Kier alpha value is -3.75. The molecule has 0 saturated carbocycles. The van der Waals surface area contributed by atoms with Crippen LogP contribution in [0.4, 0.5) is 0 Å². The highest BCUT2D eigenvalue weighted by molar-refractivity contribution is 5.98. The number of furan rings is 1. The van der Waals surface area contributed by atoms with Gasteiger partial charge in [0.2, 0.25) is 12.7 Å². The molecular formula is C23H25N3O6. The summed E-state index contributed by atoms with van der Waals surface area (Å²) in [5.74, 6) is 0.403. The Morgan fingerprint density at radius 1 is 1.16 bits per heavy atom. The summed E-state index contributed by atoms with van der Waals surface area (Å²) in [5, 5.41) is 5.64. The first-order valence-electron chi connectivity index (χ1n) is 10.5. The lowest BCUT2D eigenvalue weighted by molar-refractivity contribution is -0.124. The van der Waals surface area contributed by atoms with Crippen molar-refractivity contribution in [1.82, 2.24) is 15.5 Å². The van der Waals surface area contributed by atoms with Crippen molar-refractivity contribution in [2.75, 3.05) is 26.4 Å². The Morgan fingerprint density at radius 2 is 1.94 bits per heavy atom. The smallest absolute Gasteiger partial charge is 0.289 e. The minimum atomic E-state index is -0.742. The standard InChI is InChI=1S/C23H25N3O6/c1-2-9-24-22(28)20(25-21(27)16-5-6-17-19(13-16)32-14-31-17)15-7-10-26(11-8-15)23(29)18-4-3-12-30-18/h2-6,12-13,15,20H,1,7-11,14H2,(H,24,28)(H,25,27)/t20-/m0/s1. The van der Waals surface area contributed by atoms with E-state index in [2.05, 4.69) is 17.2 Å². The predicted molar refractivity (Wildman–Crippen MR) is 114 cm³/mol. The Morgan fingerprint density at radius 3 is 2.66 bits per heavy atom. The molecule has 3 amide bonds. The van der Waals surface area contributed by atoms with Crippen LogP contribution in [-0.2, 0) is 4.79 Å². The second-order valence-electron chi connectivity index (χ2n) is 7.66. The van der Waals surface area contributed by atoms with Crippen LogP contribution in [0.2, 0.25) is 0 Å². The fraction of sp³-hybridized carbons (Fsp3) is 0.348. The highest BCUT2D eigenvalue weighted by Gasteiger charge is 2.34. The Bertz CT molecular complexity index is 995. The predicted octanol–water partition coefficient (Wildman–Crippen LogP) is 1.96. The third kappa shape index (κ3) is 4.61. The van der Waals surface area contributed by atoms with Gasteiger partial charge in [-0.15, -0.1) is 6.58 Å². The quantitative estimate of drug-likeness (QED) is 0.639. The van der Waals surface area contributed by atoms with Gasteiger partial charge in [0.1, 0.15) is 6.04 Å². The molecule has 0 unspecified atom stereocenters. The zero-order chi connectivity index (χ0) is 22.5. The number of amides is 3. The minimum Gasteiger partial charge on any atom is -0.459 e. The molecule has 9 nitrogen and oxygen atoms in total. The highest BCUT2D eigenvalue weighted by atomic mass is 16.7. The van der Waals surface area contributed by atoms with Gasteiger partial charge in [-0.1, -0.05) is 6.08 Å². The molecule has 2 aromatic rings. The van der Waals surface area contributed by atoms with E-state index in [-0.39, 0.29) is 30.4 Å². The number of hydrogen-bond acceptors (Lipinski definition) is 6. The molecule has 4 rings (SSSR count). The molecule has 3 heterocycles. The second-order valence-corrected chi connectivity index (χ2v) is 7.66. The molecule has 2 aliphatic heterocycles. The topological polar surface area (TPSA) is 110 Å². The molecule has 1 aromatic carbocycles. The van der Waals surface area contributed by atoms with Crippen molar-refractivity contribution >= 4 is 17.7 Å². The molecule has 0 bridgehead atoms. The first-order valence-corrected chi connectivity index (χ1v) is 10.5. The van der Waals surface area contributed by atoms with Gasteiger partial charge in [0, 0.05) is 25.2 Å². The summed E-state index contributed by atoms with van der Waals surface area (Å²) in [7, 11) is 0. The highest BCUT2D eigenvalue weighted by Crippen LogP contribution is 2.32. The third-order valence-electron chi connectivity index (χ3n) is 5.65. The largest absolute Gasteiger partial charge is 0.459 e. The SMILES string of the molecule is C=CCNC(=O)[C@@H](NC(=O)c1ccc2c(c1)OCO2)C1CCN(C(=O)c2ccco2)CC1. The van der Waals surface area contributed by atoms with Crippen molar-refractivity contribution in [3.63, 3.8) is 0 Å². The van der Waals surface area contributed by atoms with Crippen molar-refractivity contribution < 1.29 is 28.3 Å². The number of likely N-dealkylation sites (tertiary alicyclic amines) is 1. The molecular weight excluding hydrogens is 414 g/mol. The van der Waals surface area contributed by atoms with Crippen LogP contribution in [0.5, 0.6) is 11.5 Å². The molecule has 0 spiro atoms.